The van der Waals surface area contributed by atoms with E-state index in [0.717, 1.165) is 36.1 Å². The summed E-state index contributed by atoms with van der Waals surface area (Å²) in [5, 5.41) is 7.86. The van der Waals surface area contributed by atoms with E-state index in [1.807, 2.05) is 30.3 Å². The van der Waals surface area contributed by atoms with Gasteiger partial charge in [0.1, 0.15) is 12.2 Å². The maximum absolute atomic E-state index is 14.0. The minimum atomic E-state index is -1.62. The zero-order valence-corrected chi connectivity index (χ0v) is 28.3. The van der Waals surface area contributed by atoms with Crippen molar-refractivity contribution < 1.29 is 33.4 Å². The van der Waals surface area contributed by atoms with Crippen molar-refractivity contribution in [3.63, 3.8) is 0 Å². The number of nitrogens with one attached hydrogen (secondary N) is 1. The van der Waals surface area contributed by atoms with Crippen LogP contribution in [0.25, 0.3) is 5.65 Å². The summed E-state index contributed by atoms with van der Waals surface area (Å²) in [5.74, 6) is -0.806. The van der Waals surface area contributed by atoms with Crippen molar-refractivity contribution in [1.29, 1.82) is 0 Å². The van der Waals surface area contributed by atoms with E-state index in [1.165, 1.54) is 7.11 Å². The number of rotatable bonds is 8. The zero-order valence-electron chi connectivity index (χ0n) is 28.3. The highest BCUT2D eigenvalue weighted by molar-refractivity contribution is 6.09. The lowest BCUT2D eigenvalue weighted by Crippen LogP contribution is -2.70. The normalized spacial score (nSPS) is 25.9. The predicted molar refractivity (Wildman–Crippen MR) is 174 cm³/mol. The maximum atomic E-state index is 14.0. The minimum Gasteiger partial charge on any atom is -0.468 e. The van der Waals surface area contributed by atoms with Crippen LogP contribution in [0.3, 0.4) is 0 Å². The number of imidazole rings is 1. The Bertz CT molecular complexity index is 1670. The van der Waals surface area contributed by atoms with Crippen molar-refractivity contribution in [3.05, 3.63) is 65.6 Å². The Morgan fingerprint density at radius 3 is 2.42 bits per heavy atom. The molecular weight excluding hydrogens is 614 g/mol. The van der Waals surface area contributed by atoms with Crippen LogP contribution in [0.1, 0.15) is 89.2 Å². The number of fused-ring (bicyclic) bond motifs is 3. The lowest BCUT2D eigenvalue weighted by molar-refractivity contribution is -0.185. The smallest absolute Gasteiger partial charge is 0.417 e. The number of hydrogen-bond donors (Lipinski definition) is 1. The van der Waals surface area contributed by atoms with Crippen molar-refractivity contribution in [2.75, 3.05) is 7.11 Å². The fourth-order valence-electron chi connectivity index (χ4n) is 7.44. The topological polar surface area (TPSA) is 141 Å². The van der Waals surface area contributed by atoms with E-state index in [2.05, 4.69) is 12.2 Å². The SMILES string of the molecule is COC(=O)C1(Cc2ccc3nc([C@@H](NC(=O)OCc4ccccc4)C4CCC(C)CC4)cn3n2)C(=O)N(C(=O)OC(C)(C)C)C2CC1C2. The number of piperidine rings is 2. The third-order valence-electron chi connectivity index (χ3n) is 10.1. The van der Waals surface area contributed by atoms with Gasteiger partial charge in [-0.2, -0.15) is 5.10 Å². The van der Waals surface area contributed by atoms with Crippen LogP contribution in [0.15, 0.2) is 48.7 Å². The number of carbonyl (C=O) groups excluding carboxylic acids is 4. The van der Waals surface area contributed by atoms with E-state index in [9.17, 15) is 19.2 Å². The van der Waals surface area contributed by atoms with Gasteiger partial charge in [-0.25, -0.2) is 24.0 Å². The first-order valence-corrected chi connectivity index (χ1v) is 16.9. The Labute approximate surface area is 280 Å². The van der Waals surface area contributed by atoms with Gasteiger partial charge in [-0.15, -0.1) is 0 Å². The molecule has 2 saturated heterocycles. The van der Waals surface area contributed by atoms with Crippen molar-refractivity contribution in [1.82, 2.24) is 24.8 Å². The molecule has 4 fully saturated rings. The highest BCUT2D eigenvalue weighted by Gasteiger charge is 2.66. The Kier molecular flexibility index (Phi) is 9.19. The number of alkyl carbamates (subject to hydrolysis) is 1. The quantitative estimate of drug-likeness (QED) is 0.181. The van der Waals surface area contributed by atoms with Crippen molar-refractivity contribution in [2.45, 2.75) is 96.9 Å². The predicted octanol–water partition coefficient (Wildman–Crippen LogP) is 5.78. The summed E-state index contributed by atoms with van der Waals surface area (Å²) in [6.07, 6.45) is 5.45. The number of ether oxygens (including phenoxy) is 3. The molecule has 1 N–H and O–H groups in total. The Morgan fingerprint density at radius 2 is 1.75 bits per heavy atom. The Hall–Kier alpha value is -4.48. The van der Waals surface area contributed by atoms with Crippen molar-refractivity contribution in [2.24, 2.45) is 23.2 Å². The molecule has 2 aliphatic carbocycles. The molecule has 12 heteroatoms. The van der Waals surface area contributed by atoms with Gasteiger partial charge in [0.25, 0.3) is 0 Å². The number of amides is 3. The molecule has 7 rings (SSSR count). The highest BCUT2D eigenvalue weighted by atomic mass is 16.6. The fourth-order valence-corrected chi connectivity index (χ4v) is 7.44. The number of esters is 1. The molecule has 2 bridgehead atoms. The van der Waals surface area contributed by atoms with Crippen LogP contribution in [-0.4, -0.2) is 62.3 Å². The molecule has 3 aromatic rings. The first-order chi connectivity index (χ1) is 22.9. The molecule has 4 heterocycles. The third-order valence-corrected chi connectivity index (χ3v) is 10.1. The van der Waals surface area contributed by atoms with E-state index in [1.54, 1.807) is 43.6 Å². The summed E-state index contributed by atoms with van der Waals surface area (Å²) in [6.45, 7) is 7.61. The van der Waals surface area contributed by atoms with Crippen LogP contribution in [-0.2, 0) is 36.8 Å². The highest BCUT2D eigenvalue weighted by Crippen LogP contribution is 2.53. The molecule has 4 aliphatic rings. The van der Waals surface area contributed by atoms with Gasteiger partial charge in [-0.1, -0.05) is 50.1 Å². The average molecular weight is 660 g/mol. The second-order valence-corrected chi connectivity index (χ2v) is 14.6. The monoisotopic (exact) mass is 659 g/mol. The van der Waals surface area contributed by atoms with E-state index >= 15 is 0 Å². The van der Waals surface area contributed by atoms with Crippen LogP contribution in [0.5, 0.6) is 0 Å². The number of benzene rings is 1. The zero-order chi connectivity index (χ0) is 34.2. The van der Waals surface area contributed by atoms with Crippen LogP contribution in [0.4, 0.5) is 9.59 Å². The van der Waals surface area contributed by atoms with Gasteiger partial charge in [0.05, 0.1) is 30.7 Å². The van der Waals surface area contributed by atoms with E-state index < -0.39 is 35.1 Å². The molecule has 2 aliphatic heterocycles. The van der Waals surface area contributed by atoms with Gasteiger partial charge in [-0.3, -0.25) is 9.59 Å². The van der Waals surface area contributed by atoms with Crippen LogP contribution in [0.2, 0.25) is 0 Å². The number of nitrogens with zero attached hydrogens (tertiary/aromatic N) is 4. The molecular formula is C36H45N5O7. The number of methoxy groups -OCH3 is 1. The molecule has 0 spiro atoms. The van der Waals surface area contributed by atoms with Crippen LogP contribution >= 0.6 is 0 Å². The standard InChI is InChI=1S/C36H45N5O7/c1-22-11-13-24(14-12-22)30(38-33(44)47-21-23-9-7-6-8-10-23)28-20-40-29(37-28)16-15-26(39-40)19-36(32(43)46-5)25-17-27(18-25)41(31(36)42)34(45)48-35(2,3)4/h6-10,15-16,20,22,24-25,27,30H,11-14,17-19,21H2,1-5H3,(H,38,44)/t22?,24?,25?,27?,30-,36?/m0/s1. The Morgan fingerprint density at radius 1 is 1.04 bits per heavy atom. The first kappa shape index (κ1) is 33.4. The number of hydrogen-bond acceptors (Lipinski definition) is 9. The molecule has 12 nitrogen and oxygen atoms in total. The van der Waals surface area contributed by atoms with Gasteiger partial charge in [0.2, 0.25) is 5.91 Å². The number of carbonyl (C=O) groups is 4. The third kappa shape index (κ3) is 6.61. The lowest BCUT2D eigenvalue weighted by Gasteiger charge is -2.55. The molecule has 2 aromatic heterocycles. The molecule has 2 atom stereocenters. The van der Waals surface area contributed by atoms with Gasteiger partial charge in [0, 0.05) is 12.5 Å². The molecule has 1 aromatic carbocycles. The second-order valence-electron chi connectivity index (χ2n) is 14.6. The number of imide groups is 1. The molecule has 48 heavy (non-hydrogen) atoms. The minimum absolute atomic E-state index is 0.0490. The van der Waals surface area contributed by atoms with Gasteiger partial charge < -0.3 is 19.5 Å². The van der Waals surface area contributed by atoms with E-state index in [0.29, 0.717) is 35.8 Å². The number of aromatic nitrogens is 3. The Balaban J connectivity index is 1.26. The van der Waals surface area contributed by atoms with Gasteiger partial charge >= 0.3 is 18.2 Å². The molecule has 256 valence electrons. The van der Waals surface area contributed by atoms with E-state index in [4.69, 9.17) is 24.3 Å². The molecule has 1 unspecified atom stereocenters. The summed E-state index contributed by atoms with van der Waals surface area (Å²) in [4.78, 5) is 59.7. The summed E-state index contributed by atoms with van der Waals surface area (Å²) in [5.41, 5.74) is 0.161. The van der Waals surface area contributed by atoms with Crippen LogP contribution < -0.4 is 5.32 Å². The summed E-state index contributed by atoms with van der Waals surface area (Å²) in [7, 11) is 1.25. The van der Waals surface area contributed by atoms with Crippen molar-refractivity contribution in [3.8, 4) is 0 Å². The summed E-state index contributed by atoms with van der Waals surface area (Å²) < 4.78 is 18.0. The average Bonchev–Trinajstić information content (AvgIpc) is 3.45. The summed E-state index contributed by atoms with van der Waals surface area (Å²) in [6, 6.07) is 12.4. The van der Waals surface area contributed by atoms with Gasteiger partial charge in [0.15, 0.2) is 11.1 Å². The second kappa shape index (κ2) is 13.2. The van der Waals surface area contributed by atoms with E-state index in [-0.39, 0.29) is 36.9 Å². The lowest BCUT2D eigenvalue weighted by atomic mass is 9.56. The maximum Gasteiger partial charge on any atom is 0.417 e. The largest absolute Gasteiger partial charge is 0.468 e. The van der Waals surface area contributed by atoms with Gasteiger partial charge in [-0.05, 0) is 81.9 Å². The summed E-state index contributed by atoms with van der Waals surface area (Å²) >= 11 is 0. The fraction of sp³-hybridized carbons (Fsp3) is 0.556. The van der Waals surface area contributed by atoms with Crippen molar-refractivity contribution >= 4 is 29.7 Å². The first-order valence-electron chi connectivity index (χ1n) is 16.9. The van der Waals surface area contributed by atoms with Crippen LogP contribution in [0, 0.1) is 23.2 Å². The molecule has 3 amide bonds. The molecule has 0 radical (unpaired) electrons. The molecule has 2 saturated carbocycles.